The van der Waals surface area contributed by atoms with E-state index in [4.69, 9.17) is 0 Å². The van der Waals surface area contributed by atoms with Crippen molar-refractivity contribution in [2.24, 2.45) is 0 Å². The lowest BCUT2D eigenvalue weighted by Gasteiger charge is -2.19. The van der Waals surface area contributed by atoms with Gasteiger partial charge >= 0.3 is 0 Å². The minimum absolute atomic E-state index is 0.269. The molecule has 2 aromatic carbocycles. The molecule has 0 spiro atoms. The van der Waals surface area contributed by atoms with Crippen LogP contribution in [0.1, 0.15) is 36.8 Å². The summed E-state index contributed by atoms with van der Waals surface area (Å²) in [7, 11) is -3.28. The summed E-state index contributed by atoms with van der Waals surface area (Å²) >= 11 is 0. The fraction of sp³-hybridized carbons (Fsp3) is 0.391. The maximum atomic E-state index is 11.9. The fourth-order valence-electron chi connectivity index (χ4n) is 3.91. The van der Waals surface area contributed by atoms with Crippen LogP contribution in [0.5, 0.6) is 0 Å². The minimum atomic E-state index is -3.28. The van der Waals surface area contributed by atoms with Crippen LogP contribution in [0.3, 0.4) is 0 Å². The minimum Gasteiger partial charge on any atom is -0.365 e. The molecular weight excluding hydrogens is 396 g/mol. The molecule has 4 rings (SSSR count). The Hall–Kier alpha value is -2.51. The third kappa shape index (κ3) is 5.15. The summed E-state index contributed by atoms with van der Waals surface area (Å²) in [6, 6.07) is 13.6. The number of sulfone groups is 1. The lowest BCUT2D eigenvalue weighted by molar-refractivity contribution is 0.277. The molecule has 1 aromatic heterocycles. The smallest absolute Gasteiger partial charge is 0.175 e. The largest absolute Gasteiger partial charge is 0.365 e. The van der Waals surface area contributed by atoms with Crippen LogP contribution in [0.2, 0.25) is 0 Å². The Bertz CT molecular complexity index is 1110. The first-order chi connectivity index (χ1) is 14.5. The van der Waals surface area contributed by atoms with Crippen molar-refractivity contribution in [3.05, 3.63) is 59.9 Å². The summed E-state index contributed by atoms with van der Waals surface area (Å²) in [6.07, 6.45) is 8.01. The van der Waals surface area contributed by atoms with E-state index in [0.717, 1.165) is 12.1 Å². The Morgan fingerprint density at radius 2 is 1.63 bits per heavy atom. The molecule has 1 aliphatic heterocycles. The first-order valence-corrected chi connectivity index (χ1v) is 12.4. The standard InChI is InChI=1S/C23H28N4O2S/c1-30(28,29)20-10-11-22-21(14-20)23(26-17-25-22)24-15-18-6-8-19(9-7-18)16-27-12-4-2-3-5-13-27/h6-11,14,17H,2-5,12-13,15-16H2,1H3,(H,24,25,26). The number of hydrogen-bond donors (Lipinski definition) is 1. The van der Waals surface area contributed by atoms with Gasteiger partial charge in [-0.15, -0.1) is 0 Å². The summed E-state index contributed by atoms with van der Waals surface area (Å²) in [5, 5.41) is 4.04. The predicted molar refractivity (Wildman–Crippen MR) is 120 cm³/mol. The van der Waals surface area contributed by atoms with Crippen LogP contribution in [0.15, 0.2) is 53.7 Å². The zero-order chi connectivity index (χ0) is 21.0. The Balaban J connectivity index is 1.44. The van der Waals surface area contributed by atoms with Crippen LogP contribution in [0.4, 0.5) is 5.82 Å². The van der Waals surface area contributed by atoms with Gasteiger partial charge in [0.1, 0.15) is 12.1 Å². The van der Waals surface area contributed by atoms with E-state index in [-0.39, 0.29) is 4.90 Å². The lowest BCUT2D eigenvalue weighted by Crippen LogP contribution is -2.23. The Labute approximate surface area is 178 Å². The Morgan fingerprint density at radius 1 is 0.933 bits per heavy atom. The number of nitrogens with one attached hydrogen (secondary N) is 1. The maximum absolute atomic E-state index is 11.9. The van der Waals surface area contributed by atoms with Crippen molar-refractivity contribution >= 4 is 26.6 Å². The van der Waals surface area contributed by atoms with Gasteiger partial charge in [0.05, 0.1) is 10.4 Å². The van der Waals surface area contributed by atoms with E-state index in [9.17, 15) is 8.42 Å². The topological polar surface area (TPSA) is 75.2 Å². The molecule has 0 amide bonds. The van der Waals surface area contributed by atoms with Gasteiger partial charge in [-0.05, 0) is 55.3 Å². The second-order valence-corrected chi connectivity index (χ2v) is 10.0. The van der Waals surface area contributed by atoms with Crippen LogP contribution in [0.25, 0.3) is 10.9 Å². The second-order valence-electron chi connectivity index (χ2n) is 8.03. The molecule has 0 radical (unpaired) electrons. The second kappa shape index (κ2) is 9.10. The Morgan fingerprint density at radius 3 is 2.33 bits per heavy atom. The highest BCUT2D eigenvalue weighted by atomic mass is 32.2. The van der Waals surface area contributed by atoms with Crippen molar-refractivity contribution in [3.8, 4) is 0 Å². The van der Waals surface area contributed by atoms with Crippen LogP contribution in [-0.2, 0) is 22.9 Å². The highest BCUT2D eigenvalue weighted by Crippen LogP contribution is 2.23. The Kier molecular flexibility index (Phi) is 6.29. The number of rotatable bonds is 6. The quantitative estimate of drug-likeness (QED) is 0.644. The van der Waals surface area contributed by atoms with Crippen LogP contribution in [-0.4, -0.2) is 42.6 Å². The van der Waals surface area contributed by atoms with Gasteiger partial charge in [0.25, 0.3) is 0 Å². The average molecular weight is 425 g/mol. The molecule has 1 saturated heterocycles. The highest BCUT2D eigenvalue weighted by Gasteiger charge is 2.12. The molecule has 7 heteroatoms. The van der Waals surface area contributed by atoms with Crippen LogP contribution < -0.4 is 5.32 Å². The van der Waals surface area contributed by atoms with Crippen molar-refractivity contribution < 1.29 is 8.42 Å². The van der Waals surface area contributed by atoms with E-state index in [1.54, 1.807) is 18.2 Å². The molecule has 0 unspecified atom stereocenters. The molecule has 1 fully saturated rings. The number of likely N-dealkylation sites (tertiary alicyclic amines) is 1. The summed E-state index contributed by atoms with van der Waals surface area (Å²) in [4.78, 5) is 11.4. The van der Waals surface area contributed by atoms with Gasteiger partial charge in [0, 0.05) is 24.7 Å². The molecule has 6 nitrogen and oxygen atoms in total. The molecule has 1 aliphatic rings. The highest BCUT2D eigenvalue weighted by molar-refractivity contribution is 7.90. The molecule has 30 heavy (non-hydrogen) atoms. The van der Waals surface area contributed by atoms with Crippen molar-refractivity contribution in [1.29, 1.82) is 0 Å². The predicted octanol–water partition coefficient (Wildman–Crippen LogP) is 4.02. The van der Waals surface area contributed by atoms with E-state index in [2.05, 4.69) is 44.5 Å². The third-order valence-electron chi connectivity index (χ3n) is 5.62. The van der Waals surface area contributed by atoms with Crippen molar-refractivity contribution in [1.82, 2.24) is 14.9 Å². The molecule has 2 heterocycles. The van der Waals surface area contributed by atoms with Crippen LogP contribution >= 0.6 is 0 Å². The summed E-state index contributed by atoms with van der Waals surface area (Å²) < 4.78 is 23.8. The molecular formula is C23H28N4O2S. The average Bonchev–Trinajstić information content (AvgIpc) is 3.01. The van der Waals surface area contributed by atoms with Gasteiger partial charge in [0.2, 0.25) is 0 Å². The third-order valence-corrected chi connectivity index (χ3v) is 6.73. The number of hydrogen-bond acceptors (Lipinski definition) is 6. The van der Waals surface area contributed by atoms with Gasteiger partial charge in [-0.2, -0.15) is 0 Å². The molecule has 3 aromatic rings. The van der Waals surface area contributed by atoms with Crippen molar-refractivity contribution in [2.45, 2.75) is 43.7 Å². The first-order valence-electron chi connectivity index (χ1n) is 10.5. The molecule has 1 N–H and O–H groups in total. The number of nitrogens with zero attached hydrogens (tertiary/aromatic N) is 3. The van der Waals surface area contributed by atoms with Gasteiger partial charge in [-0.1, -0.05) is 37.1 Å². The number of benzene rings is 2. The van der Waals surface area contributed by atoms with Crippen molar-refractivity contribution in [3.63, 3.8) is 0 Å². The van der Waals surface area contributed by atoms with Crippen LogP contribution in [0, 0.1) is 0 Å². The zero-order valence-electron chi connectivity index (χ0n) is 17.3. The van der Waals surface area contributed by atoms with E-state index >= 15 is 0 Å². The normalized spacial score (nSPS) is 15.8. The van der Waals surface area contributed by atoms with E-state index in [1.165, 1.54) is 56.9 Å². The van der Waals surface area contributed by atoms with Gasteiger partial charge < -0.3 is 5.32 Å². The maximum Gasteiger partial charge on any atom is 0.175 e. The summed E-state index contributed by atoms with van der Waals surface area (Å²) in [6.45, 7) is 4.01. The summed E-state index contributed by atoms with van der Waals surface area (Å²) in [5.41, 5.74) is 3.21. The molecule has 0 bridgehead atoms. The van der Waals surface area contributed by atoms with Gasteiger partial charge in [-0.25, -0.2) is 18.4 Å². The first kappa shape index (κ1) is 20.8. The lowest BCUT2D eigenvalue weighted by atomic mass is 10.1. The monoisotopic (exact) mass is 424 g/mol. The van der Waals surface area contributed by atoms with E-state index in [1.807, 2.05) is 0 Å². The van der Waals surface area contributed by atoms with Crippen molar-refractivity contribution in [2.75, 3.05) is 24.7 Å². The molecule has 0 atom stereocenters. The van der Waals surface area contributed by atoms with E-state index in [0.29, 0.717) is 23.3 Å². The zero-order valence-corrected chi connectivity index (χ0v) is 18.2. The molecule has 0 aliphatic carbocycles. The molecule has 0 saturated carbocycles. The fourth-order valence-corrected chi connectivity index (χ4v) is 4.56. The van der Waals surface area contributed by atoms with E-state index < -0.39 is 9.84 Å². The van der Waals surface area contributed by atoms with Gasteiger partial charge in [-0.3, -0.25) is 4.90 Å². The number of fused-ring (bicyclic) bond motifs is 1. The summed E-state index contributed by atoms with van der Waals surface area (Å²) in [5.74, 6) is 0.638. The number of aromatic nitrogens is 2. The number of anilines is 1. The SMILES string of the molecule is CS(=O)(=O)c1ccc2ncnc(NCc3ccc(CN4CCCCCC4)cc3)c2c1. The molecule has 158 valence electrons. The van der Waals surface area contributed by atoms with Gasteiger partial charge in [0.15, 0.2) is 9.84 Å².